The molecule has 1 rings (SSSR count). The zero-order valence-electron chi connectivity index (χ0n) is 10.7. The third-order valence-electron chi connectivity index (χ3n) is 2.30. The number of carbonyl (C=O) groups is 2. The maximum absolute atomic E-state index is 11.5. The summed E-state index contributed by atoms with van der Waals surface area (Å²) in [5.74, 6) is -0.0323. The van der Waals surface area contributed by atoms with Crippen LogP contribution < -0.4 is 4.74 Å². The van der Waals surface area contributed by atoms with Gasteiger partial charge in [-0.2, -0.15) is 5.26 Å². The van der Waals surface area contributed by atoms with E-state index in [9.17, 15) is 9.59 Å². The van der Waals surface area contributed by atoms with Crippen LogP contribution in [-0.4, -0.2) is 25.0 Å². The van der Waals surface area contributed by atoms with Crippen molar-refractivity contribution in [3.63, 3.8) is 0 Å². The zero-order chi connectivity index (χ0) is 14.1. The number of benzene rings is 1. The molecule has 0 unspecified atom stereocenters. The van der Waals surface area contributed by atoms with Crippen molar-refractivity contribution in [2.75, 3.05) is 13.2 Å². The third-order valence-corrected chi connectivity index (χ3v) is 2.30. The first-order valence-corrected chi connectivity index (χ1v) is 5.96. The number of nitrogens with zero attached hydrogens (tertiary/aromatic N) is 1. The fraction of sp³-hybridized carbons (Fsp3) is 0.357. The highest BCUT2D eigenvalue weighted by molar-refractivity contribution is 5.84. The summed E-state index contributed by atoms with van der Waals surface area (Å²) < 4.78 is 9.97. The number of nitriles is 1. The molecule has 0 spiro atoms. The zero-order valence-corrected chi connectivity index (χ0v) is 10.7. The molecule has 1 aromatic carbocycles. The van der Waals surface area contributed by atoms with E-state index in [2.05, 4.69) is 0 Å². The summed E-state index contributed by atoms with van der Waals surface area (Å²) in [7, 11) is 0. The lowest BCUT2D eigenvalue weighted by molar-refractivity contribution is -0.144. The lowest BCUT2D eigenvalue weighted by atomic mass is 10.2. The first-order valence-electron chi connectivity index (χ1n) is 5.96. The van der Waals surface area contributed by atoms with Crippen LogP contribution in [0.15, 0.2) is 24.3 Å². The van der Waals surface area contributed by atoms with Crippen LogP contribution >= 0.6 is 0 Å². The van der Waals surface area contributed by atoms with Crippen LogP contribution in [-0.2, 0) is 14.3 Å². The molecule has 5 heteroatoms. The molecular weight excluding hydrogens is 246 g/mol. The van der Waals surface area contributed by atoms with Crippen LogP contribution in [0.2, 0.25) is 0 Å². The first-order chi connectivity index (χ1) is 9.15. The van der Waals surface area contributed by atoms with Gasteiger partial charge in [-0.05, 0) is 31.2 Å². The van der Waals surface area contributed by atoms with Crippen molar-refractivity contribution < 1.29 is 19.1 Å². The van der Waals surface area contributed by atoms with Gasteiger partial charge in [0.15, 0.2) is 5.78 Å². The summed E-state index contributed by atoms with van der Waals surface area (Å²) in [6.07, 6.45) is 0.179. The van der Waals surface area contributed by atoms with E-state index in [0.717, 1.165) is 0 Å². The molecule has 0 fully saturated rings. The van der Waals surface area contributed by atoms with Crippen LogP contribution in [0.3, 0.4) is 0 Å². The number of hydrogen-bond donors (Lipinski definition) is 0. The predicted octanol–water partition coefficient (Wildman–Crippen LogP) is 1.85. The van der Waals surface area contributed by atoms with Gasteiger partial charge < -0.3 is 9.47 Å². The summed E-state index contributed by atoms with van der Waals surface area (Å²) in [5, 5.41) is 8.62. The monoisotopic (exact) mass is 261 g/mol. The van der Waals surface area contributed by atoms with Gasteiger partial charge in [0.05, 0.1) is 24.7 Å². The van der Waals surface area contributed by atoms with Gasteiger partial charge in [0, 0.05) is 6.42 Å². The van der Waals surface area contributed by atoms with Gasteiger partial charge in [0.2, 0.25) is 0 Å². The van der Waals surface area contributed by atoms with Crippen molar-refractivity contribution >= 4 is 11.8 Å². The van der Waals surface area contributed by atoms with Gasteiger partial charge in [-0.3, -0.25) is 9.59 Å². The van der Waals surface area contributed by atoms with Crippen molar-refractivity contribution in [2.45, 2.75) is 19.8 Å². The molecule has 0 aromatic heterocycles. The lowest BCUT2D eigenvalue weighted by Gasteiger charge is -2.05. The molecule has 0 radical (unpaired) electrons. The number of carbonyl (C=O) groups excluding carboxylic acids is 2. The van der Waals surface area contributed by atoms with Crippen molar-refractivity contribution in [1.82, 2.24) is 0 Å². The van der Waals surface area contributed by atoms with Crippen molar-refractivity contribution in [3.05, 3.63) is 29.8 Å². The molecule has 0 amide bonds. The molecule has 1 aromatic rings. The van der Waals surface area contributed by atoms with E-state index in [4.69, 9.17) is 14.7 Å². The van der Waals surface area contributed by atoms with Crippen LogP contribution in [0.1, 0.15) is 25.3 Å². The molecule has 19 heavy (non-hydrogen) atoms. The molecule has 0 bridgehead atoms. The molecule has 0 saturated carbocycles. The average Bonchev–Trinajstić information content (AvgIpc) is 2.44. The quantitative estimate of drug-likeness (QED) is 0.700. The topological polar surface area (TPSA) is 76.4 Å². The second-order valence-corrected chi connectivity index (χ2v) is 3.77. The molecular formula is C14H15NO4. The van der Waals surface area contributed by atoms with E-state index in [1.165, 1.54) is 0 Å². The Morgan fingerprint density at radius 3 is 2.47 bits per heavy atom. The summed E-state index contributed by atoms with van der Waals surface area (Å²) in [5.41, 5.74) is 0.529. The Balaban J connectivity index is 2.29. The molecule has 0 heterocycles. The second kappa shape index (κ2) is 7.88. The molecule has 0 N–H and O–H groups in total. The maximum atomic E-state index is 11.5. The van der Waals surface area contributed by atoms with Crippen LogP contribution in [0.25, 0.3) is 0 Å². The van der Waals surface area contributed by atoms with E-state index in [1.807, 2.05) is 6.07 Å². The standard InChI is InChI=1S/C14H15NO4/c1-2-18-14(17)8-5-12(16)10-19-13-6-3-11(9-15)4-7-13/h3-4,6-7H,2,5,8,10H2,1H3. The number of rotatable bonds is 7. The maximum Gasteiger partial charge on any atom is 0.306 e. The minimum atomic E-state index is -0.380. The van der Waals surface area contributed by atoms with E-state index in [1.54, 1.807) is 31.2 Å². The Bertz CT molecular complexity index is 473. The minimum Gasteiger partial charge on any atom is -0.486 e. The number of ether oxygens (including phenoxy) is 2. The van der Waals surface area contributed by atoms with Gasteiger partial charge in [-0.1, -0.05) is 0 Å². The highest BCUT2D eigenvalue weighted by Crippen LogP contribution is 2.11. The van der Waals surface area contributed by atoms with Gasteiger partial charge in [0.25, 0.3) is 0 Å². The fourth-order valence-electron chi connectivity index (χ4n) is 1.34. The number of Topliss-reactive ketones (excluding diaryl/α,β-unsaturated/α-hetero) is 1. The van der Waals surface area contributed by atoms with Gasteiger partial charge in [-0.25, -0.2) is 0 Å². The minimum absolute atomic E-state index is 0.0728. The molecule has 0 atom stereocenters. The molecule has 0 aliphatic heterocycles. The summed E-state index contributed by atoms with van der Waals surface area (Å²) >= 11 is 0. The Labute approximate surface area is 111 Å². The highest BCUT2D eigenvalue weighted by Gasteiger charge is 2.08. The predicted molar refractivity (Wildman–Crippen MR) is 67.5 cm³/mol. The van der Waals surface area contributed by atoms with Crippen LogP contribution in [0.4, 0.5) is 0 Å². The van der Waals surface area contributed by atoms with E-state index in [0.29, 0.717) is 17.9 Å². The van der Waals surface area contributed by atoms with E-state index < -0.39 is 0 Å². The lowest BCUT2D eigenvalue weighted by Crippen LogP contribution is -2.14. The normalized spacial score (nSPS) is 9.47. The summed E-state index contributed by atoms with van der Waals surface area (Å²) in [6, 6.07) is 8.45. The van der Waals surface area contributed by atoms with Gasteiger partial charge >= 0.3 is 5.97 Å². The number of ketones is 1. The average molecular weight is 261 g/mol. The van der Waals surface area contributed by atoms with E-state index in [-0.39, 0.29) is 31.2 Å². The molecule has 0 saturated heterocycles. The summed E-state index contributed by atoms with van der Waals surface area (Å²) in [4.78, 5) is 22.5. The molecule has 5 nitrogen and oxygen atoms in total. The van der Waals surface area contributed by atoms with Crippen LogP contribution in [0.5, 0.6) is 5.75 Å². The number of hydrogen-bond acceptors (Lipinski definition) is 5. The molecule has 0 aliphatic rings. The fourth-order valence-corrected chi connectivity index (χ4v) is 1.34. The van der Waals surface area contributed by atoms with Gasteiger partial charge in [-0.15, -0.1) is 0 Å². The second-order valence-electron chi connectivity index (χ2n) is 3.77. The Kier molecular flexibility index (Phi) is 6.10. The molecule has 0 aliphatic carbocycles. The Morgan fingerprint density at radius 1 is 1.21 bits per heavy atom. The highest BCUT2D eigenvalue weighted by atomic mass is 16.5. The van der Waals surface area contributed by atoms with Crippen molar-refractivity contribution in [3.8, 4) is 11.8 Å². The van der Waals surface area contributed by atoms with Crippen LogP contribution in [0, 0.1) is 11.3 Å². The first kappa shape index (κ1) is 14.7. The van der Waals surface area contributed by atoms with E-state index >= 15 is 0 Å². The largest absolute Gasteiger partial charge is 0.486 e. The number of esters is 1. The Morgan fingerprint density at radius 2 is 1.89 bits per heavy atom. The summed E-state index contributed by atoms with van der Waals surface area (Å²) in [6.45, 7) is 1.94. The SMILES string of the molecule is CCOC(=O)CCC(=O)COc1ccc(C#N)cc1. The molecule has 100 valence electrons. The van der Waals surface area contributed by atoms with Crippen molar-refractivity contribution in [2.24, 2.45) is 0 Å². The smallest absolute Gasteiger partial charge is 0.306 e. The Hall–Kier alpha value is -2.35. The van der Waals surface area contributed by atoms with Gasteiger partial charge in [0.1, 0.15) is 12.4 Å². The third kappa shape index (κ3) is 5.68. The van der Waals surface area contributed by atoms with Crippen molar-refractivity contribution in [1.29, 1.82) is 5.26 Å².